The van der Waals surface area contributed by atoms with Gasteiger partial charge in [-0.2, -0.15) is 5.26 Å². The van der Waals surface area contributed by atoms with Crippen LogP contribution in [0.4, 0.5) is 0 Å². The van der Waals surface area contributed by atoms with E-state index >= 15 is 0 Å². The van der Waals surface area contributed by atoms with E-state index in [1.807, 2.05) is 36.7 Å². The van der Waals surface area contributed by atoms with E-state index in [1.54, 1.807) is 0 Å². The first-order valence-electron chi connectivity index (χ1n) is 6.10. The average molecular weight is 240 g/mol. The number of nitrogens with zero attached hydrogens (tertiary/aromatic N) is 4. The predicted octanol–water partition coefficient (Wildman–Crippen LogP) is 2.52. The van der Waals surface area contributed by atoms with Gasteiger partial charge in [0, 0.05) is 6.04 Å². The largest absolute Gasteiger partial charge is 0.245 e. The fourth-order valence-corrected chi connectivity index (χ4v) is 1.96. The number of hydrogen-bond acceptors (Lipinski definition) is 3. The van der Waals surface area contributed by atoms with Crippen LogP contribution in [0.3, 0.4) is 0 Å². The van der Waals surface area contributed by atoms with Gasteiger partial charge in [0.2, 0.25) is 0 Å². The molecular weight excluding hydrogens is 224 g/mol. The third-order valence-corrected chi connectivity index (χ3v) is 2.88. The maximum absolute atomic E-state index is 9.04. The van der Waals surface area contributed by atoms with E-state index in [2.05, 4.69) is 28.5 Å². The van der Waals surface area contributed by atoms with Gasteiger partial charge in [-0.1, -0.05) is 35.5 Å². The Kier molecular flexibility index (Phi) is 3.73. The van der Waals surface area contributed by atoms with Crippen molar-refractivity contribution in [2.45, 2.75) is 32.7 Å². The molecule has 0 saturated heterocycles. The molecule has 0 aliphatic rings. The van der Waals surface area contributed by atoms with Crippen LogP contribution in [0.25, 0.3) is 0 Å². The van der Waals surface area contributed by atoms with Gasteiger partial charge in [0.15, 0.2) is 5.69 Å². The Bertz CT molecular complexity index is 549. The zero-order valence-electron chi connectivity index (χ0n) is 10.7. The molecule has 0 atom stereocenters. The summed E-state index contributed by atoms with van der Waals surface area (Å²) in [5.74, 6) is 0. The third kappa shape index (κ3) is 2.57. The lowest BCUT2D eigenvalue weighted by Crippen LogP contribution is -2.09. The summed E-state index contributed by atoms with van der Waals surface area (Å²) in [5.41, 5.74) is 2.63. The summed E-state index contributed by atoms with van der Waals surface area (Å²) in [7, 11) is 0. The molecule has 0 aliphatic heterocycles. The second-order valence-electron chi connectivity index (χ2n) is 4.52. The first kappa shape index (κ1) is 12.3. The Hall–Kier alpha value is -2.15. The van der Waals surface area contributed by atoms with Gasteiger partial charge < -0.3 is 0 Å². The highest BCUT2D eigenvalue weighted by Crippen LogP contribution is 2.14. The van der Waals surface area contributed by atoms with Crippen LogP contribution < -0.4 is 0 Å². The Labute approximate surface area is 107 Å². The highest BCUT2D eigenvalue weighted by atomic mass is 15.4. The molecule has 1 heterocycles. The summed E-state index contributed by atoms with van der Waals surface area (Å²) in [6.45, 7) is 4.09. The molecule has 0 saturated carbocycles. The SMILES string of the molecule is CC(C)n1nnc(C#N)c1CCc1ccccc1. The summed E-state index contributed by atoms with van der Waals surface area (Å²) in [5, 5.41) is 17.0. The van der Waals surface area contributed by atoms with Crippen LogP contribution >= 0.6 is 0 Å². The molecule has 4 heteroatoms. The molecule has 0 radical (unpaired) electrons. The lowest BCUT2D eigenvalue weighted by Gasteiger charge is -2.09. The fraction of sp³-hybridized carbons (Fsp3) is 0.357. The third-order valence-electron chi connectivity index (χ3n) is 2.88. The standard InChI is InChI=1S/C14H16N4/c1-11(2)18-14(13(10-15)16-17-18)9-8-12-6-4-3-5-7-12/h3-7,11H,8-9H2,1-2H3. The van der Waals surface area contributed by atoms with E-state index in [-0.39, 0.29) is 6.04 Å². The first-order chi connectivity index (χ1) is 8.72. The van der Waals surface area contributed by atoms with Gasteiger partial charge in [0.1, 0.15) is 6.07 Å². The van der Waals surface area contributed by atoms with Crippen LogP contribution in [0.15, 0.2) is 30.3 Å². The quantitative estimate of drug-likeness (QED) is 0.825. The van der Waals surface area contributed by atoms with Crippen molar-refractivity contribution in [3.05, 3.63) is 47.3 Å². The molecule has 0 amide bonds. The number of hydrogen-bond donors (Lipinski definition) is 0. The van der Waals surface area contributed by atoms with E-state index in [1.165, 1.54) is 5.56 Å². The first-order valence-corrected chi connectivity index (χ1v) is 6.10. The van der Waals surface area contributed by atoms with Crippen molar-refractivity contribution in [1.29, 1.82) is 5.26 Å². The van der Waals surface area contributed by atoms with Crippen LogP contribution in [-0.2, 0) is 12.8 Å². The van der Waals surface area contributed by atoms with E-state index < -0.39 is 0 Å². The van der Waals surface area contributed by atoms with Gasteiger partial charge >= 0.3 is 0 Å². The van der Waals surface area contributed by atoms with Crippen molar-refractivity contribution in [2.75, 3.05) is 0 Å². The van der Waals surface area contributed by atoms with Gasteiger partial charge in [0.05, 0.1) is 5.69 Å². The Balaban J connectivity index is 2.18. The van der Waals surface area contributed by atoms with Gasteiger partial charge in [0.25, 0.3) is 0 Å². The molecule has 0 fully saturated rings. The summed E-state index contributed by atoms with van der Waals surface area (Å²) in [6, 6.07) is 12.6. The van der Waals surface area contributed by atoms with Crippen molar-refractivity contribution in [3.63, 3.8) is 0 Å². The normalized spacial score (nSPS) is 10.6. The van der Waals surface area contributed by atoms with Crippen LogP contribution in [0.1, 0.15) is 36.8 Å². The van der Waals surface area contributed by atoms with Crippen LogP contribution in [0.2, 0.25) is 0 Å². The highest BCUT2D eigenvalue weighted by molar-refractivity contribution is 5.26. The fourth-order valence-electron chi connectivity index (χ4n) is 1.96. The predicted molar refractivity (Wildman–Crippen MR) is 69.0 cm³/mol. The van der Waals surface area contributed by atoms with Crippen molar-refractivity contribution in [2.24, 2.45) is 0 Å². The maximum atomic E-state index is 9.04. The van der Waals surface area contributed by atoms with Crippen molar-refractivity contribution in [1.82, 2.24) is 15.0 Å². The zero-order valence-corrected chi connectivity index (χ0v) is 10.7. The van der Waals surface area contributed by atoms with Crippen molar-refractivity contribution < 1.29 is 0 Å². The lowest BCUT2D eigenvalue weighted by atomic mass is 10.1. The number of nitriles is 1. The van der Waals surface area contributed by atoms with Gasteiger partial charge in [-0.05, 0) is 32.3 Å². The number of aromatic nitrogens is 3. The maximum Gasteiger partial charge on any atom is 0.185 e. The summed E-state index contributed by atoms with van der Waals surface area (Å²) < 4.78 is 1.83. The van der Waals surface area contributed by atoms with E-state index in [0.717, 1.165) is 18.5 Å². The molecule has 0 aliphatic carbocycles. The molecule has 18 heavy (non-hydrogen) atoms. The van der Waals surface area contributed by atoms with E-state index in [4.69, 9.17) is 5.26 Å². The molecule has 1 aromatic heterocycles. The molecule has 0 spiro atoms. The van der Waals surface area contributed by atoms with Crippen LogP contribution in [-0.4, -0.2) is 15.0 Å². The molecule has 2 rings (SSSR count). The second-order valence-corrected chi connectivity index (χ2v) is 4.52. The minimum absolute atomic E-state index is 0.227. The highest BCUT2D eigenvalue weighted by Gasteiger charge is 2.14. The Morgan fingerprint density at radius 3 is 2.56 bits per heavy atom. The number of benzene rings is 1. The molecule has 0 unspecified atom stereocenters. The average Bonchev–Trinajstić information content (AvgIpc) is 2.80. The second kappa shape index (κ2) is 5.46. The topological polar surface area (TPSA) is 54.5 Å². The molecule has 0 N–H and O–H groups in total. The molecular formula is C14H16N4. The Morgan fingerprint density at radius 2 is 1.94 bits per heavy atom. The molecule has 92 valence electrons. The van der Waals surface area contributed by atoms with E-state index in [0.29, 0.717) is 5.69 Å². The molecule has 2 aromatic rings. The molecule has 0 bridgehead atoms. The van der Waals surface area contributed by atoms with Crippen LogP contribution in [0, 0.1) is 11.3 Å². The zero-order chi connectivity index (χ0) is 13.0. The summed E-state index contributed by atoms with van der Waals surface area (Å²) in [4.78, 5) is 0. The lowest BCUT2D eigenvalue weighted by molar-refractivity contribution is 0.493. The minimum Gasteiger partial charge on any atom is -0.245 e. The van der Waals surface area contributed by atoms with Crippen molar-refractivity contribution in [3.8, 4) is 6.07 Å². The van der Waals surface area contributed by atoms with Gasteiger partial charge in [-0.25, -0.2) is 4.68 Å². The number of aryl methyl sites for hydroxylation is 1. The van der Waals surface area contributed by atoms with Crippen molar-refractivity contribution >= 4 is 0 Å². The minimum atomic E-state index is 0.227. The monoisotopic (exact) mass is 240 g/mol. The van der Waals surface area contributed by atoms with Gasteiger partial charge in [-0.15, -0.1) is 5.10 Å². The molecule has 4 nitrogen and oxygen atoms in total. The Morgan fingerprint density at radius 1 is 1.22 bits per heavy atom. The summed E-state index contributed by atoms with van der Waals surface area (Å²) >= 11 is 0. The van der Waals surface area contributed by atoms with Crippen LogP contribution in [0.5, 0.6) is 0 Å². The smallest absolute Gasteiger partial charge is 0.185 e. The van der Waals surface area contributed by atoms with E-state index in [9.17, 15) is 0 Å². The molecule has 1 aromatic carbocycles. The van der Waals surface area contributed by atoms with Gasteiger partial charge in [-0.3, -0.25) is 0 Å². The number of rotatable bonds is 4. The summed E-state index contributed by atoms with van der Waals surface area (Å²) in [6.07, 6.45) is 1.69.